The molecule has 1 heteroatoms. The Morgan fingerprint density at radius 2 is 1.50 bits per heavy atom. The van der Waals surface area contributed by atoms with Gasteiger partial charge < -0.3 is 4.74 Å². The molecule has 118 valence electrons. The zero-order valence-electron chi connectivity index (χ0n) is 14.0. The van der Waals surface area contributed by atoms with Crippen molar-refractivity contribution in [3.8, 4) is 0 Å². The van der Waals surface area contributed by atoms with Crippen LogP contribution in [0.25, 0.3) is 0 Å². The van der Waals surface area contributed by atoms with Gasteiger partial charge in [-0.3, -0.25) is 0 Å². The minimum Gasteiger partial charge on any atom is -0.375 e. The van der Waals surface area contributed by atoms with Crippen LogP contribution in [0.5, 0.6) is 0 Å². The third-order valence-electron chi connectivity index (χ3n) is 5.94. The van der Waals surface area contributed by atoms with Gasteiger partial charge >= 0.3 is 0 Å². The normalized spacial score (nSPS) is 32.4. The zero-order chi connectivity index (χ0) is 14.3. The molecule has 20 heavy (non-hydrogen) atoms. The molecule has 0 aromatic heterocycles. The summed E-state index contributed by atoms with van der Waals surface area (Å²) in [7, 11) is 0. The van der Waals surface area contributed by atoms with Crippen molar-refractivity contribution in [1.29, 1.82) is 0 Å². The molecule has 2 rings (SSSR count). The number of ether oxygens (including phenoxy) is 1. The highest BCUT2D eigenvalue weighted by Gasteiger charge is 2.37. The Morgan fingerprint density at radius 1 is 0.850 bits per heavy atom. The van der Waals surface area contributed by atoms with Gasteiger partial charge in [-0.25, -0.2) is 0 Å². The topological polar surface area (TPSA) is 9.23 Å². The summed E-state index contributed by atoms with van der Waals surface area (Å²) in [6, 6.07) is 0. The summed E-state index contributed by atoms with van der Waals surface area (Å²) in [6.07, 6.45) is 18.4. The van der Waals surface area contributed by atoms with Crippen molar-refractivity contribution in [2.45, 2.75) is 103 Å². The van der Waals surface area contributed by atoms with E-state index in [4.69, 9.17) is 4.74 Å². The first-order valence-electron chi connectivity index (χ1n) is 9.43. The lowest BCUT2D eigenvalue weighted by Crippen LogP contribution is -2.39. The Bertz CT molecular complexity index is 246. The zero-order valence-corrected chi connectivity index (χ0v) is 14.0. The van der Waals surface area contributed by atoms with Gasteiger partial charge in [0.25, 0.3) is 0 Å². The van der Waals surface area contributed by atoms with Crippen molar-refractivity contribution >= 4 is 0 Å². The molecule has 0 unspecified atom stereocenters. The van der Waals surface area contributed by atoms with Gasteiger partial charge in [-0.1, -0.05) is 58.3 Å². The molecule has 2 aliphatic carbocycles. The van der Waals surface area contributed by atoms with Crippen molar-refractivity contribution in [2.75, 3.05) is 6.61 Å². The smallest absolute Gasteiger partial charge is 0.0682 e. The van der Waals surface area contributed by atoms with Crippen LogP contribution in [0.1, 0.15) is 97.3 Å². The maximum atomic E-state index is 6.25. The SMILES string of the molecule is CCCCC[C@]1(OCC)CC[C@H](C2CCCCC2)CC1. The second kappa shape index (κ2) is 8.41. The summed E-state index contributed by atoms with van der Waals surface area (Å²) in [6.45, 7) is 5.38. The van der Waals surface area contributed by atoms with Crippen LogP contribution in [0.4, 0.5) is 0 Å². The van der Waals surface area contributed by atoms with E-state index >= 15 is 0 Å². The molecule has 0 N–H and O–H groups in total. The van der Waals surface area contributed by atoms with E-state index in [1.54, 1.807) is 0 Å². The van der Waals surface area contributed by atoms with Gasteiger partial charge in [0.1, 0.15) is 0 Å². The molecular weight excluding hydrogens is 244 g/mol. The molecule has 0 saturated heterocycles. The predicted octanol–water partition coefficient (Wildman–Crippen LogP) is 6.11. The average Bonchev–Trinajstić information content (AvgIpc) is 2.50. The molecule has 0 heterocycles. The Balaban J connectivity index is 1.81. The van der Waals surface area contributed by atoms with Gasteiger partial charge in [0.15, 0.2) is 0 Å². The van der Waals surface area contributed by atoms with Crippen LogP contribution < -0.4 is 0 Å². The summed E-state index contributed by atoms with van der Waals surface area (Å²) >= 11 is 0. The Labute approximate surface area is 126 Å². The highest BCUT2D eigenvalue weighted by molar-refractivity contribution is 4.89. The second-order valence-corrected chi connectivity index (χ2v) is 7.31. The number of rotatable bonds is 7. The average molecular weight is 280 g/mol. The van der Waals surface area contributed by atoms with Crippen molar-refractivity contribution in [3.05, 3.63) is 0 Å². The molecule has 0 amide bonds. The lowest BCUT2D eigenvalue weighted by Gasteiger charge is -2.43. The fourth-order valence-corrected chi connectivity index (χ4v) is 4.71. The third-order valence-corrected chi connectivity index (χ3v) is 5.94. The predicted molar refractivity (Wildman–Crippen MR) is 87.0 cm³/mol. The van der Waals surface area contributed by atoms with Gasteiger partial charge in [0.2, 0.25) is 0 Å². The minimum atomic E-state index is 0.259. The van der Waals surface area contributed by atoms with Gasteiger partial charge in [0, 0.05) is 6.61 Å². The largest absolute Gasteiger partial charge is 0.375 e. The maximum Gasteiger partial charge on any atom is 0.0682 e. The third kappa shape index (κ3) is 4.48. The fraction of sp³-hybridized carbons (Fsp3) is 1.00. The first kappa shape index (κ1) is 16.3. The first-order valence-corrected chi connectivity index (χ1v) is 9.43. The Morgan fingerprint density at radius 3 is 2.10 bits per heavy atom. The Kier molecular flexibility index (Phi) is 6.87. The van der Waals surface area contributed by atoms with Crippen LogP contribution in [0, 0.1) is 11.8 Å². The molecule has 0 radical (unpaired) electrons. The number of hydrogen-bond acceptors (Lipinski definition) is 1. The van der Waals surface area contributed by atoms with Crippen LogP contribution in [0.2, 0.25) is 0 Å². The molecule has 0 atom stereocenters. The minimum absolute atomic E-state index is 0.259. The molecule has 1 nitrogen and oxygen atoms in total. The van der Waals surface area contributed by atoms with E-state index in [0.29, 0.717) is 0 Å². The van der Waals surface area contributed by atoms with Gasteiger partial charge in [-0.05, 0) is 50.9 Å². The molecule has 0 aliphatic heterocycles. The molecule has 0 aromatic rings. The Hall–Kier alpha value is -0.0400. The van der Waals surface area contributed by atoms with Crippen molar-refractivity contribution in [1.82, 2.24) is 0 Å². The molecular formula is C19H36O. The summed E-state index contributed by atoms with van der Waals surface area (Å²) in [5.41, 5.74) is 0.259. The summed E-state index contributed by atoms with van der Waals surface area (Å²) in [5, 5.41) is 0. The maximum absolute atomic E-state index is 6.25. The van der Waals surface area contributed by atoms with Gasteiger partial charge in [0.05, 0.1) is 5.60 Å². The van der Waals surface area contributed by atoms with E-state index in [1.807, 2.05) is 0 Å². The van der Waals surface area contributed by atoms with E-state index in [2.05, 4.69) is 13.8 Å². The van der Waals surface area contributed by atoms with E-state index in [9.17, 15) is 0 Å². The molecule has 0 spiro atoms. The summed E-state index contributed by atoms with van der Waals surface area (Å²) < 4.78 is 6.25. The van der Waals surface area contributed by atoms with E-state index in [-0.39, 0.29) is 5.60 Å². The van der Waals surface area contributed by atoms with Crippen molar-refractivity contribution < 1.29 is 4.74 Å². The lowest BCUT2D eigenvalue weighted by atomic mass is 9.68. The van der Waals surface area contributed by atoms with Crippen LogP contribution in [0.15, 0.2) is 0 Å². The van der Waals surface area contributed by atoms with E-state index < -0.39 is 0 Å². The standard InChI is InChI=1S/C19H36O/c1-3-5-9-14-19(20-4-2)15-12-18(13-16-19)17-10-7-6-8-11-17/h17-18H,3-16H2,1-2H3/t18-,19-. The molecule has 0 aromatic carbocycles. The second-order valence-electron chi connectivity index (χ2n) is 7.31. The molecule has 2 aliphatic rings. The first-order chi connectivity index (χ1) is 9.79. The van der Waals surface area contributed by atoms with Crippen LogP contribution in [0.3, 0.4) is 0 Å². The van der Waals surface area contributed by atoms with Crippen LogP contribution >= 0.6 is 0 Å². The number of hydrogen-bond donors (Lipinski definition) is 0. The highest BCUT2D eigenvalue weighted by atomic mass is 16.5. The van der Waals surface area contributed by atoms with E-state index in [0.717, 1.165) is 18.4 Å². The number of unbranched alkanes of at least 4 members (excludes halogenated alkanes) is 2. The fourth-order valence-electron chi connectivity index (χ4n) is 4.71. The monoisotopic (exact) mass is 280 g/mol. The summed E-state index contributed by atoms with van der Waals surface area (Å²) in [5.74, 6) is 2.08. The van der Waals surface area contributed by atoms with Crippen LogP contribution in [-0.4, -0.2) is 12.2 Å². The summed E-state index contributed by atoms with van der Waals surface area (Å²) in [4.78, 5) is 0. The van der Waals surface area contributed by atoms with Crippen molar-refractivity contribution in [3.63, 3.8) is 0 Å². The van der Waals surface area contributed by atoms with Gasteiger partial charge in [-0.15, -0.1) is 0 Å². The molecule has 2 fully saturated rings. The van der Waals surface area contributed by atoms with E-state index in [1.165, 1.54) is 83.5 Å². The molecule has 2 saturated carbocycles. The quantitative estimate of drug-likeness (QED) is 0.511. The molecule has 0 bridgehead atoms. The highest BCUT2D eigenvalue weighted by Crippen LogP contribution is 2.44. The van der Waals surface area contributed by atoms with Crippen molar-refractivity contribution in [2.24, 2.45) is 11.8 Å². The van der Waals surface area contributed by atoms with Crippen LogP contribution in [-0.2, 0) is 4.74 Å². The lowest BCUT2D eigenvalue weighted by molar-refractivity contribution is -0.0850. The van der Waals surface area contributed by atoms with Gasteiger partial charge in [-0.2, -0.15) is 0 Å².